The van der Waals surface area contributed by atoms with Gasteiger partial charge in [-0.25, -0.2) is 0 Å². The minimum atomic E-state index is 0.356. The normalized spacial score (nSPS) is 36.8. The highest BCUT2D eigenvalue weighted by atomic mass is 15.4. The number of hydrogen-bond acceptors (Lipinski definition) is 3. The summed E-state index contributed by atoms with van der Waals surface area (Å²) in [4.78, 5) is 0. The minimum Gasteiger partial charge on any atom is -0.290 e. The molecule has 1 aliphatic heterocycles. The zero-order valence-corrected chi connectivity index (χ0v) is 5.36. The summed E-state index contributed by atoms with van der Waals surface area (Å²) in [6.07, 6.45) is 0.842. The third-order valence-electron chi connectivity index (χ3n) is 1.24. The van der Waals surface area contributed by atoms with Crippen molar-refractivity contribution in [3.63, 3.8) is 0 Å². The Hall–Kier alpha value is -0.120. The van der Waals surface area contributed by atoms with E-state index < -0.39 is 0 Å². The van der Waals surface area contributed by atoms with E-state index in [1.807, 2.05) is 0 Å². The van der Waals surface area contributed by atoms with Crippen molar-refractivity contribution in [2.75, 3.05) is 6.54 Å². The highest BCUT2D eigenvalue weighted by molar-refractivity contribution is 4.76. The Bertz CT molecular complexity index is 65.3. The van der Waals surface area contributed by atoms with Gasteiger partial charge in [-0.15, -0.1) is 0 Å². The molecular formula is C5H13N3. The van der Waals surface area contributed by atoms with Gasteiger partial charge in [-0.2, -0.15) is 0 Å². The van der Waals surface area contributed by atoms with Gasteiger partial charge in [0.05, 0.1) is 6.17 Å². The highest BCUT2D eigenvalue weighted by Crippen LogP contribution is 1.89. The first-order chi connectivity index (χ1) is 3.83. The third kappa shape index (κ3) is 1.18. The van der Waals surface area contributed by atoms with Crippen molar-refractivity contribution in [1.29, 1.82) is 0 Å². The molecule has 0 spiro atoms. The van der Waals surface area contributed by atoms with E-state index >= 15 is 0 Å². The van der Waals surface area contributed by atoms with Crippen LogP contribution in [-0.2, 0) is 0 Å². The van der Waals surface area contributed by atoms with E-state index in [1.165, 1.54) is 0 Å². The van der Waals surface area contributed by atoms with Gasteiger partial charge in [-0.05, 0) is 13.5 Å². The van der Waals surface area contributed by atoms with Crippen molar-refractivity contribution in [3.8, 4) is 0 Å². The molecule has 8 heavy (non-hydrogen) atoms. The molecule has 0 atom stereocenters. The lowest BCUT2D eigenvalue weighted by Crippen LogP contribution is -2.71. The van der Waals surface area contributed by atoms with Crippen LogP contribution in [0.2, 0.25) is 0 Å². The molecule has 0 radical (unpaired) electrons. The van der Waals surface area contributed by atoms with Crippen LogP contribution in [-0.4, -0.2) is 19.0 Å². The fourth-order valence-corrected chi connectivity index (χ4v) is 0.822. The van der Waals surface area contributed by atoms with Crippen molar-refractivity contribution < 1.29 is 0 Å². The molecule has 0 aromatic rings. The van der Waals surface area contributed by atoms with Crippen LogP contribution in [0.1, 0.15) is 13.8 Å². The molecule has 0 amide bonds. The second-order valence-corrected chi connectivity index (χ2v) is 2.05. The Kier molecular flexibility index (Phi) is 1.83. The van der Waals surface area contributed by atoms with E-state index in [9.17, 15) is 0 Å². The minimum absolute atomic E-state index is 0.356. The van der Waals surface area contributed by atoms with Gasteiger partial charge < -0.3 is 0 Å². The first-order valence-corrected chi connectivity index (χ1v) is 3.08. The van der Waals surface area contributed by atoms with Gasteiger partial charge in [-0.3, -0.25) is 16.0 Å². The number of rotatable bonds is 2. The molecule has 48 valence electrons. The molecule has 1 rings (SSSR count). The van der Waals surface area contributed by atoms with Crippen LogP contribution in [0, 0.1) is 0 Å². The maximum atomic E-state index is 3.22. The van der Waals surface area contributed by atoms with E-state index in [1.54, 1.807) is 0 Å². The summed E-state index contributed by atoms with van der Waals surface area (Å²) >= 11 is 0. The van der Waals surface area contributed by atoms with Crippen molar-refractivity contribution in [2.45, 2.75) is 26.3 Å². The van der Waals surface area contributed by atoms with Gasteiger partial charge in [0.25, 0.3) is 0 Å². The van der Waals surface area contributed by atoms with Crippen LogP contribution in [0.15, 0.2) is 0 Å². The molecule has 0 aromatic heterocycles. The van der Waals surface area contributed by atoms with E-state index in [-0.39, 0.29) is 0 Å². The number of nitrogens with one attached hydrogen (secondary N) is 3. The van der Waals surface area contributed by atoms with Gasteiger partial charge in [0.15, 0.2) is 0 Å². The number of hydrogen-bond donors (Lipinski definition) is 3. The van der Waals surface area contributed by atoms with Crippen LogP contribution in [0.5, 0.6) is 0 Å². The Balaban J connectivity index is 1.98. The first kappa shape index (κ1) is 6.01. The lowest BCUT2D eigenvalue weighted by atomic mass is 10.4. The van der Waals surface area contributed by atoms with Gasteiger partial charge in [0.1, 0.15) is 6.29 Å². The van der Waals surface area contributed by atoms with Crippen LogP contribution in [0.25, 0.3) is 0 Å². The molecule has 3 N–H and O–H groups in total. The molecule has 0 saturated carbocycles. The smallest absolute Gasteiger partial charge is 0.114 e. The van der Waals surface area contributed by atoms with Crippen LogP contribution >= 0.6 is 0 Å². The molecule has 3 heteroatoms. The highest BCUT2D eigenvalue weighted by Gasteiger charge is 2.20. The third-order valence-corrected chi connectivity index (χ3v) is 1.24. The van der Waals surface area contributed by atoms with Gasteiger partial charge in [0.2, 0.25) is 0 Å². The standard InChI is InChI=1S/C5H13N3/c1-3-6-5-7-4(2)8-5/h4-8H,3H2,1-2H3. The molecule has 0 unspecified atom stereocenters. The lowest BCUT2D eigenvalue weighted by molar-refractivity contribution is 0.179. The topological polar surface area (TPSA) is 36.1 Å². The van der Waals surface area contributed by atoms with E-state index in [2.05, 4.69) is 29.8 Å². The molecule has 3 nitrogen and oxygen atoms in total. The summed E-state index contributed by atoms with van der Waals surface area (Å²) in [6, 6.07) is 0. The average molecular weight is 115 g/mol. The Morgan fingerprint density at radius 1 is 1.50 bits per heavy atom. The second-order valence-electron chi connectivity index (χ2n) is 2.05. The van der Waals surface area contributed by atoms with E-state index in [0.717, 1.165) is 6.54 Å². The molecule has 0 aromatic carbocycles. The van der Waals surface area contributed by atoms with Gasteiger partial charge in [-0.1, -0.05) is 6.92 Å². The predicted molar refractivity (Wildman–Crippen MR) is 33.2 cm³/mol. The Labute approximate surface area is 49.8 Å². The monoisotopic (exact) mass is 115 g/mol. The molecule has 1 fully saturated rings. The fraction of sp³-hybridized carbons (Fsp3) is 1.00. The second kappa shape index (κ2) is 2.44. The van der Waals surface area contributed by atoms with Crippen molar-refractivity contribution in [1.82, 2.24) is 16.0 Å². The average Bonchev–Trinajstić information content (AvgIpc) is 1.64. The molecule has 0 bridgehead atoms. The van der Waals surface area contributed by atoms with Crippen molar-refractivity contribution >= 4 is 0 Å². The van der Waals surface area contributed by atoms with Crippen LogP contribution in [0.3, 0.4) is 0 Å². The first-order valence-electron chi connectivity index (χ1n) is 3.08. The maximum absolute atomic E-state index is 3.22. The van der Waals surface area contributed by atoms with E-state index in [0.29, 0.717) is 12.5 Å². The van der Waals surface area contributed by atoms with Crippen LogP contribution in [0.4, 0.5) is 0 Å². The molecule has 1 aliphatic rings. The molecule has 0 aliphatic carbocycles. The van der Waals surface area contributed by atoms with Gasteiger partial charge >= 0.3 is 0 Å². The van der Waals surface area contributed by atoms with Gasteiger partial charge in [0, 0.05) is 0 Å². The molecule has 1 saturated heterocycles. The summed E-state index contributed by atoms with van der Waals surface area (Å²) in [6.45, 7) is 5.19. The zero-order chi connectivity index (χ0) is 5.98. The van der Waals surface area contributed by atoms with Crippen LogP contribution < -0.4 is 16.0 Å². The largest absolute Gasteiger partial charge is 0.290 e. The Morgan fingerprint density at radius 3 is 2.50 bits per heavy atom. The molecular weight excluding hydrogens is 102 g/mol. The van der Waals surface area contributed by atoms with Crippen molar-refractivity contribution in [3.05, 3.63) is 0 Å². The fourth-order valence-electron chi connectivity index (χ4n) is 0.822. The SMILES string of the molecule is CCNC1NC(C)N1. The van der Waals surface area contributed by atoms with Crippen molar-refractivity contribution in [2.24, 2.45) is 0 Å². The van der Waals surface area contributed by atoms with E-state index in [4.69, 9.17) is 0 Å². The predicted octanol–water partition coefficient (Wildman–Crippen LogP) is -0.582. The quantitative estimate of drug-likeness (QED) is 0.450. The summed E-state index contributed by atoms with van der Waals surface area (Å²) in [5, 5.41) is 9.63. The molecule has 1 heterocycles. The summed E-state index contributed by atoms with van der Waals surface area (Å²) < 4.78 is 0. The summed E-state index contributed by atoms with van der Waals surface area (Å²) in [5.74, 6) is 0. The zero-order valence-electron chi connectivity index (χ0n) is 5.36. The lowest BCUT2D eigenvalue weighted by Gasteiger charge is -2.36. The summed E-state index contributed by atoms with van der Waals surface area (Å²) in [5.41, 5.74) is 0. The maximum Gasteiger partial charge on any atom is 0.114 e. The Morgan fingerprint density at radius 2 is 2.12 bits per heavy atom. The summed E-state index contributed by atoms with van der Waals surface area (Å²) in [7, 11) is 0.